The van der Waals surface area contributed by atoms with E-state index in [0.717, 1.165) is 23.1 Å². The Morgan fingerprint density at radius 1 is 1.00 bits per heavy atom. The molecule has 0 N–H and O–H groups in total. The predicted molar refractivity (Wildman–Crippen MR) is 74.2 cm³/mol. The monoisotopic (exact) mass is 371 g/mol. The van der Waals surface area contributed by atoms with Gasteiger partial charge in [-0.3, -0.25) is 0 Å². The minimum atomic E-state index is 0. The quantitative estimate of drug-likeness (QED) is 0.556. The van der Waals surface area contributed by atoms with Gasteiger partial charge in [0.15, 0.2) is 0 Å². The first-order valence-electron chi connectivity index (χ1n) is 6.46. The van der Waals surface area contributed by atoms with Gasteiger partial charge >= 0.3 is 0 Å². The molecule has 1 aromatic carbocycles. The Kier molecular flexibility index (Phi) is 6.07. The second-order valence-corrected chi connectivity index (χ2v) is 5.66. The molecule has 0 aliphatic heterocycles. The molecule has 0 bridgehead atoms. The van der Waals surface area contributed by atoms with Gasteiger partial charge in [0.25, 0.3) is 0 Å². The summed E-state index contributed by atoms with van der Waals surface area (Å²) < 4.78 is 6.36. The summed E-state index contributed by atoms with van der Waals surface area (Å²) in [6.07, 6.45) is 3.84. The lowest BCUT2D eigenvalue weighted by Gasteiger charge is -2.34. The van der Waals surface area contributed by atoms with Crippen molar-refractivity contribution in [2.75, 3.05) is 21.1 Å². The van der Waals surface area contributed by atoms with Crippen molar-refractivity contribution in [3.8, 4) is 0 Å². The molecule has 0 radical (unpaired) electrons. The third-order valence-corrected chi connectivity index (χ3v) is 3.36. The highest BCUT2D eigenvalue weighted by atomic mass is 127. The lowest BCUT2D eigenvalue weighted by atomic mass is 9.99. The molecular formula is C16H22INO. The van der Waals surface area contributed by atoms with Crippen LogP contribution in [0.25, 0.3) is 0 Å². The van der Waals surface area contributed by atoms with Gasteiger partial charge in [0, 0.05) is 18.4 Å². The van der Waals surface area contributed by atoms with Gasteiger partial charge in [0.2, 0.25) is 0 Å². The maximum Gasteiger partial charge on any atom is 0.114 e. The molecular weight excluding hydrogens is 349 g/mol. The molecule has 0 spiro atoms. The SMILES string of the molecule is C[N+](C)(C)C(CCc1ccco1)c1ccccc1.[I-]. The molecule has 1 aromatic heterocycles. The summed E-state index contributed by atoms with van der Waals surface area (Å²) in [5, 5.41) is 0. The molecule has 0 amide bonds. The standard InChI is InChI=1S/C16H22NO.HI/c1-17(2,3)16(14-8-5-4-6-9-14)12-11-15-10-7-13-18-15;/h4-10,13,16H,11-12H2,1-3H3;1H/q+1;/p-1. The number of hydrogen-bond donors (Lipinski definition) is 0. The summed E-state index contributed by atoms with van der Waals surface area (Å²) in [5.74, 6) is 1.07. The molecule has 0 aliphatic rings. The van der Waals surface area contributed by atoms with Gasteiger partial charge in [0.05, 0.1) is 27.4 Å². The second kappa shape index (κ2) is 7.10. The first-order valence-corrected chi connectivity index (χ1v) is 6.46. The highest BCUT2D eigenvalue weighted by Gasteiger charge is 2.25. The number of benzene rings is 1. The van der Waals surface area contributed by atoms with Gasteiger partial charge in [0.1, 0.15) is 11.8 Å². The first kappa shape index (κ1) is 16.2. The predicted octanol–water partition coefficient (Wildman–Crippen LogP) is 0.664. The van der Waals surface area contributed by atoms with E-state index in [1.807, 2.05) is 6.07 Å². The van der Waals surface area contributed by atoms with Crippen molar-refractivity contribution < 1.29 is 32.9 Å². The van der Waals surface area contributed by atoms with Crippen molar-refractivity contribution in [2.24, 2.45) is 0 Å². The fourth-order valence-electron chi connectivity index (χ4n) is 2.41. The zero-order valence-electron chi connectivity index (χ0n) is 11.8. The average Bonchev–Trinajstić information content (AvgIpc) is 2.82. The number of halogens is 1. The maximum absolute atomic E-state index is 5.43. The van der Waals surface area contributed by atoms with E-state index in [-0.39, 0.29) is 24.0 Å². The van der Waals surface area contributed by atoms with E-state index in [0.29, 0.717) is 6.04 Å². The third-order valence-electron chi connectivity index (χ3n) is 3.36. The van der Waals surface area contributed by atoms with Crippen LogP contribution < -0.4 is 24.0 Å². The number of nitrogens with zero attached hydrogens (tertiary/aromatic N) is 1. The lowest BCUT2D eigenvalue weighted by molar-refractivity contribution is -0.902. The van der Waals surface area contributed by atoms with Crippen LogP contribution in [0.4, 0.5) is 0 Å². The summed E-state index contributed by atoms with van der Waals surface area (Å²) in [7, 11) is 6.75. The van der Waals surface area contributed by atoms with Gasteiger partial charge < -0.3 is 32.9 Å². The molecule has 0 saturated heterocycles. The van der Waals surface area contributed by atoms with Crippen molar-refractivity contribution in [1.29, 1.82) is 0 Å². The lowest BCUT2D eigenvalue weighted by Crippen LogP contribution is -3.00. The molecule has 2 aromatic rings. The summed E-state index contributed by atoms with van der Waals surface area (Å²) in [6, 6.07) is 15.2. The molecule has 0 saturated carbocycles. The molecule has 1 unspecified atom stereocenters. The summed E-state index contributed by atoms with van der Waals surface area (Å²) in [4.78, 5) is 0. The Balaban J connectivity index is 0.00000180. The molecule has 19 heavy (non-hydrogen) atoms. The summed E-state index contributed by atoms with van der Waals surface area (Å²) in [5.41, 5.74) is 1.40. The van der Waals surface area contributed by atoms with Crippen LogP contribution in [0.3, 0.4) is 0 Å². The number of hydrogen-bond acceptors (Lipinski definition) is 1. The summed E-state index contributed by atoms with van der Waals surface area (Å²) >= 11 is 0. The van der Waals surface area contributed by atoms with E-state index in [2.05, 4.69) is 57.5 Å². The molecule has 0 aliphatic carbocycles. The Morgan fingerprint density at radius 2 is 1.68 bits per heavy atom. The van der Waals surface area contributed by atoms with Crippen molar-refractivity contribution in [3.05, 3.63) is 60.1 Å². The van der Waals surface area contributed by atoms with Gasteiger partial charge in [-0.05, 0) is 12.1 Å². The minimum Gasteiger partial charge on any atom is -1.00 e. The zero-order valence-corrected chi connectivity index (χ0v) is 14.0. The average molecular weight is 371 g/mol. The topological polar surface area (TPSA) is 13.1 Å². The van der Waals surface area contributed by atoms with Crippen LogP contribution in [0.15, 0.2) is 53.1 Å². The smallest absolute Gasteiger partial charge is 0.114 e. The molecule has 1 atom stereocenters. The summed E-state index contributed by atoms with van der Waals surface area (Å²) in [6.45, 7) is 0. The molecule has 2 nitrogen and oxygen atoms in total. The molecule has 2 rings (SSSR count). The highest BCUT2D eigenvalue weighted by molar-refractivity contribution is 5.17. The van der Waals surface area contributed by atoms with E-state index in [1.54, 1.807) is 6.26 Å². The first-order chi connectivity index (χ1) is 8.57. The van der Waals surface area contributed by atoms with E-state index in [9.17, 15) is 0 Å². The number of rotatable bonds is 5. The van der Waals surface area contributed by atoms with E-state index in [1.165, 1.54) is 5.56 Å². The Labute approximate surface area is 133 Å². The van der Waals surface area contributed by atoms with Gasteiger partial charge in [-0.1, -0.05) is 30.3 Å². The van der Waals surface area contributed by atoms with Gasteiger partial charge in [-0.2, -0.15) is 0 Å². The highest BCUT2D eigenvalue weighted by Crippen LogP contribution is 2.28. The molecule has 3 heteroatoms. The van der Waals surface area contributed by atoms with Crippen LogP contribution in [-0.4, -0.2) is 25.6 Å². The molecule has 1 heterocycles. The van der Waals surface area contributed by atoms with Crippen molar-refractivity contribution in [2.45, 2.75) is 18.9 Å². The van der Waals surface area contributed by atoms with E-state index in [4.69, 9.17) is 4.42 Å². The minimum absolute atomic E-state index is 0. The Hall–Kier alpha value is -0.810. The van der Waals surface area contributed by atoms with Crippen LogP contribution >= 0.6 is 0 Å². The van der Waals surface area contributed by atoms with Crippen LogP contribution in [0.1, 0.15) is 23.8 Å². The van der Waals surface area contributed by atoms with E-state index >= 15 is 0 Å². The van der Waals surface area contributed by atoms with Crippen molar-refractivity contribution in [3.63, 3.8) is 0 Å². The largest absolute Gasteiger partial charge is 1.00 e. The molecule has 0 fully saturated rings. The van der Waals surface area contributed by atoms with Crippen LogP contribution in [0, 0.1) is 0 Å². The van der Waals surface area contributed by atoms with Crippen LogP contribution in [-0.2, 0) is 6.42 Å². The normalized spacial score (nSPS) is 12.8. The third kappa shape index (κ3) is 4.66. The number of aryl methyl sites for hydroxylation is 1. The van der Waals surface area contributed by atoms with Crippen LogP contribution in [0.2, 0.25) is 0 Å². The number of quaternary nitrogens is 1. The Bertz CT molecular complexity index is 459. The van der Waals surface area contributed by atoms with Crippen molar-refractivity contribution in [1.82, 2.24) is 0 Å². The number of furan rings is 1. The fourth-order valence-corrected chi connectivity index (χ4v) is 2.41. The van der Waals surface area contributed by atoms with Gasteiger partial charge in [-0.25, -0.2) is 0 Å². The zero-order chi connectivity index (χ0) is 13.0. The second-order valence-electron chi connectivity index (χ2n) is 5.66. The van der Waals surface area contributed by atoms with E-state index < -0.39 is 0 Å². The maximum atomic E-state index is 5.43. The van der Waals surface area contributed by atoms with Gasteiger partial charge in [-0.15, -0.1) is 0 Å². The van der Waals surface area contributed by atoms with Crippen LogP contribution in [0.5, 0.6) is 0 Å². The Morgan fingerprint density at radius 3 is 2.21 bits per heavy atom. The molecule has 104 valence electrons. The van der Waals surface area contributed by atoms with Crippen molar-refractivity contribution >= 4 is 0 Å². The fraction of sp³-hybridized carbons (Fsp3) is 0.375.